The normalized spacial score (nSPS) is 11.1. The molecule has 3 N–H and O–H groups in total. The maximum absolute atomic E-state index is 12.5. The molecule has 0 atom stereocenters. The zero-order valence-corrected chi connectivity index (χ0v) is 13.5. The highest BCUT2D eigenvalue weighted by Gasteiger charge is 2.18. The minimum absolute atomic E-state index is 0.132. The number of halogens is 1. The summed E-state index contributed by atoms with van der Waals surface area (Å²) in [5.74, 6) is 0. The van der Waals surface area contributed by atoms with E-state index in [2.05, 4.69) is 4.72 Å². The Kier molecular flexibility index (Phi) is 4.51. The molecule has 2 aromatic rings. The Morgan fingerprint density at radius 3 is 2.57 bits per heavy atom. The number of nitrogens with two attached hydrogens (primary N) is 1. The first-order chi connectivity index (χ1) is 9.79. The van der Waals surface area contributed by atoms with Gasteiger partial charge in [0.25, 0.3) is 10.0 Å². The molecule has 0 heterocycles. The molecular weight excluding hydrogens is 328 g/mol. The molecule has 2 rings (SSSR count). The zero-order chi connectivity index (χ0) is 15.6. The summed E-state index contributed by atoms with van der Waals surface area (Å²) in [5, 5.41) is 0.448. The fraction of sp³-hybridized carbons (Fsp3) is 0.0714. The molecule has 0 aliphatic heterocycles. The highest BCUT2D eigenvalue weighted by molar-refractivity contribution is 7.92. The standard InChI is InChI=1S/C14H13ClN2O2S2/c1-9-5-6-10(14(16)20)7-13(9)21(18,19)17-12-4-2-3-11(15)8-12/h2-8,17H,1H3,(H2,16,20). The third kappa shape index (κ3) is 3.72. The van der Waals surface area contributed by atoms with Crippen molar-refractivity contribution in [2.75, 3.05) is 4.72 Å². The van der Waals surface area contributed by atoms with Crippen LogP contribution in [0, 0.1) is 6.92 Å². The summed E-state index contributed by atoms with van der Waals surface area (Å²) in [4.78, 5) is 0.280. The van der Waals surface area contributed by atoms with Crippen LogP contribution in [0.2, 0.25) is 5.02 Å². The van der Waals surface area contributed by atoms with E-state index in [1.807, 2.05) is 0 Å². The van der Waals surface area contributed by atoms with Gasteiger partial charge in [0.15, 0.2) is 0 Å². The van der Waals surface area contributed by atoms with Crippen LogP contribution in [0.5, 0.6) is 0 Å². The van der Waals surface area contributed by atoms with Crippen LogP contribution in [0.3, 0.4) is 0 Å². The van der Waals surface area contributed by atoms with E-state index in [1.165, 1.54) is 12.1 Å². The fourth-order valence-electron chi connectivity index (χ4n) is 1.80. The van der Waals surface area contributed by atoms with E-state index in [-0.39, 0.29) is 9.88 Å². The Morgan fingerprint density at radius 2 is 1.95 bits per heavy atom. The van der Waals surface area contributed by atoms with Gasteiger partial charge in [-0.2, -0.15) is 0 Å². The van der Waals surface area contributed by atoms with Crippen molar-refractivity contribution in [2.24, 2.45) is 5.73 Å². The van der Waals surface area contributed by atoms with Crippen LogP contribution >= 0.6 is 23.8 Å². The predicted molar refractivity (Wildman–Crippen MR) is 89.3 cm³/mol. The van der Waals surface area contributed by atoms with Gasteiger partial charge < -0.3 is 5.73 Å². The maximum atomic E-state index is 12.5. The lowest BCUT2D eigenvalue weighted by atomic mass is 10.1. The minimum Gasteiger partial charge on any atom is -0.389 e. The van der Waals surface area contributed by atoms with Gasteiger partial charge in [0.1, 0.15) is 4.99 Å². The Labute approximate surface area is 134 Å². The zero-order valence-electron chi connectivity index (χ0n) is 11.1. The second-order valence-corrected chi connectivity index (χ2v) is 6.99. The lowest BCUT2D eigenvalue weighted by molar-refractivity contribution is 0.600. The van der Waals surface area contributed by atoms with Crippen molar-refractivity contribution < 1.29 is 8.42 Å². The summed E-state index contributed by atoms with van der Waals surface area (Å²) >= 11 is 10.7. The summed E-state index contributed by atoms with van der Waals surface area (Å²) in [6.07, 6.45) is 0. The number of sulfonamides is 1. The number of thiocarbonyl (C=S) groups is 1. The summed E-state index contributed by atoms with van der Waals surface area (Å²) in [6.45, 7) is 1.70. The summed E-state index contributed by atoms with van der Waals surface area (Å²) in [6, 6.07) is 11.3. The molecule has 0 bridgehead atoms. The van der Waals surface area contributed by atoms with E-state index in [4.69, 9.17) is 29.6 Å². The number of benzene rings is 2. The van der Waals surface area contributed by atoms with E-state index in [9.17, 15) is 8.42 Å². The molecule has 7 heteroatoms. The third-order valence-electron chi connectivity index (χ3n) is 2.84. The van der Waals surface area contributed by atoms with E-state index < -0.39 is 10.0 Å². The maximum Gasteiger partial charge on any atom is 0.262 e. The van der Waals surface area contributed by atoms with Gasteiger partial charge in [0, 0.05) is 10.6 Å². The topological polar surface area (TPSA) is 72.2 Å². The van der Waals surface area contributed by atoms with Gasteiger partial charge in [-0.25, -0.2) is 8.42 Å². The first-order valence-electron chi connectivity index (χ1n) is 5.98. The Balaban J connectivity index is 2.44. The Bertz CT molecular complexity index is 804. The second-order valence-electron chi connectivity index (χ2n) is 4.46. The van der Waals surface area contributed by atoms with Crippen molar-refractivity contribution in [3.05, 3.63) is 58.6 Å². The predicted octanol–water partition coefficient (Wildman–Crippen LogP) is 3.08. The average molecular weight is 341 g/mol. The molecule has 0 aliphatic carbocycles. The first-order valence-corrected chi connectivity index (χ1v) is 8.25. The van der Waals surface area contributed by atoms with Gasteiger partial charge in [-0.15, -0.1) is 0 Å². The van der Waals surface area contributed by atoms with E-state index >= 15 is 0 Å². The number of hydrogen-bond acceptors (Lipinski definition) is 3. The molecule has 0 spiro atoms. The van der Waals surface area contributed by atoms with Crippen LogP contribution in [0.15, 0.2) is 47.4 Å². The molecule has 0 amide bonds. The number of nitrogens with one attached hydrogen (secondary N) is 1. The van der Waals surface area contributed by atoms with Gasteiger partial charge >= 0.3 is 0 Å². The molecule has 0 fully saturated rings. The average Bonchev–Trinajstić information content (AvgIpc) is 2.38. The summed E-state index contributed by atoms with van der Waals surface area (Å²) < 4.78 is 27.4. The first kappa shape index (κ1) is 15.8. The van der Waals surface area contributed by atoms with Crippen LogP contribution in [-0.4, -0.2) is 13.4 Å². The van der Waals surface area contributed by atoms with Crippen molar-refractivity contribution >= 4 is 44.5 Å². The van der Waals surface area contributed by atoms with Gasteiger partial charge in [0.2, 0.25) is 0 Å². The number of anilines is 1. The second kappa shape index (κ2) is 6.01. The van der Waals surface area contributed by atoms with Crippen molar-refractivity contribution in [1.29, 1.82) is 0 Å². The lowest BCUT2D eigenvalue weighted by Crippen LogP contribution is -2.16. The molecule has 0 unspecified atom stereocenters. The Hall–Kier alpha value is -1.63. The number of aryl methyl sites for hydroxylation is 1. The lowest BCUT2D eigenvalue weighted by Gasteiger charge is -2.12. The van der Waals surface area contributed by atoms with Crippen LogP contribution < -0.4 is 10.5 Å². The molecule has 21 heavy (non-hydrogen) atoms. The smallest absolute Gasteiger partial charge is 0.262 e. The van der Waals surface area contributed by atoms with E-state index in [0.29, 0.717) is 21.8 Å². The largest absolute Gasteiger partial charge is 0.389 e. The fourth-order valence-corrected chi connectivity index (χ4v) is 3.44. The summed E-state index contributed by atoms with van der Waals surface area (Å²) in [7, 11) is -3.74. The SMILES string of the molecule is Cc1ccc(C(N)=S)cc1S(=O)(=O)Nc1cccc(Cl)c1. The minimum atomic E-state index is -3.74. The van der Waals surface area contributed by atoms with E-state index in [0.717, 1.165) is 0 Å². The van der Waals surface area contributed by atoms with Crippen molar-refractivity contribution in [3.8, 4) is 0 Å². The number of rotatable bonds is 4. The molecule has 4 nitrogen and oxygen atoms in total. The Morgan fingerprint density at radius 1 is 1.24 bits per heavy atom. The van der Waals surface area contributed by atoms with Crippen LogP contribution in [0.25, 0.3) is 0 Å². The molecule has 110 valence electrons. The molecule has 0 saturated heterocycles. The van der Waals surface area contributed by atoms with E-state index in [1.54, 1.807) is 37.3 Å². The monoisotopic (exact) mass is 340 g/mol. The highest BCUT2D eigenvalue weighted by atomic mass is 35.5. The molecule has 0 radical (unpaired) electrons. The van der Waals surface area contributed by atoms with Crippen molar-refractivity contribution in [2.45, 2.75) is 11.8 Å². The molecular formula is C14H13ClN2O2S2. The van der Waals surface area contributed by atoms with Gasteiger partial charge in [-0.3, -0.25) is 4.72 Å². The molecule has 2 aromatic carbocycles. The van der Waals surface area contributed by atoms with Crippen LogP contribution in [-0.2, 0) is 10.0 Å². The number of hydrogen-bond donors (Lipinski definition) is 2. The molecule has 0 aromatic heterocycles. The van der Waals surface area contributed by atoms with Gasteiger partial charge in [-0.1, -0.05) is 42.0 Å². The molecule has 0 saturated carbocycles. The van der Waals surface area contributed by atoms with Crippen molar-refractivity contribution in [3.63, 3.8) is 0 Å². The van der Waals surface area contributed by atoms with Crippen LogP contribution in [0.1, 0.15) is 11.1 Å². The van der Waals surface area contributed by atoms with Gasteiger partial charge in [0.05, 0.1) is 10.6 Å². The summed E-state index contributed by atoms with van der Waals surface area (Å²) in [5.41, 5.74) is 7.04. The van der Waals surface area contributed by atoms with Gasteiger partial charge in [-0.05, 0) is 36.8 Å². The van der Waals surface area contributed by atoms with Crippen molar-refractivity contribution in [1.82, 2.24) is 0 Å². The van der Waals surface area contributed by atoms with Crippen LogP contribution in [0.4, 0.5) is 5.69 Å². The highest BCUT2D eigenvalue weighted by Crippen LogP contribution is 2.22. The third-order valence-corrected chi connectivity index (χ3v) is 4.83. The quantitative estimate of drug-likeness (QED) is 0.839. The molecule has 0 aliphatic rings.